The molecule has 0 N–H and O–H groups in total. The number of ketones is 1. The lowest BCUT2D eigenvalue weighted by atomic mass is 9.82. The molecule has 2 rings (SSSR count). The maximum atomic E-state index is 12.9. The first kappa shape index (κ1) is 14.6. The second-order valence-corrected chi connectivity index (χ2v) is 7.04. The molecule has 1 fully saturated rings. The number of carbonyl (C=O) groups is 1. The van der Waals surface area contributed by atoms with Crippen LogP contribution < -0.4 is 4.74 Å². The topological polar surface area (TPSA) is 26.3 Å². The highest BCUT2D eigenvalue weighted by atomic mass is 79.9. The van der Waals surface area contributed by atoms with Gasteiger partial charge in [0.1, 0.15) is 5.75 Å². The fraction of sp³-hybridized carbons (Fsp3) is 0.562. The van der Waals surface area contributed by atoms with Crippen molar-refractivity contribution in [3.8, 4) is 5.75 Å². The molecule has 19 heavy (non-hydrogen) atoms. The van der Waals surface area contributed by atoms with Crippen molar-refractivity contribution >= 4 is 21.7 Å². The van der Waals surface area contributed by atoms with Crippen molar-refractivity contribution in [3.05, 3.63) is 28.8 Å². The molecule has 104 valence electrons. The molecule has 0 heterocycles. The summed E-state index contributed by atoms with van der Waals surface area (Å²) in [4.78, 5) is 12.9. The molecule has 0 radical (unpaired) electrons. The zero-order chi connectivity index (χ0) is 14.0. The van der Waals surface area contributed by atoms with Gasteiger partial charge in [0.25, 0.3) is 0 Å². The van der Waals surface area contributed by atoms with Gasteiger partial charge in [-0.15, -0.1) is 0 Å². The Morgan fingerprint density at radius 3 is 2.42 bits per heavy atom. The zero-order valence-electron chi connectivity index (χ0n) is 11.9. The maximum Gasteiger partial charge on any atom is 0.183 e. The van der Waals surface area contributed by atoms with Gasteiger partial charge in [0, 0.05) is 0 Å². The number of hydrogen-bond acceptors (Lipinski definition) is 2. The van der Waals surface area contributed by atoms with Gasteiger partial charge in [-0.25, -0.2) is 0 Å². The van der Waals surface area contributed by atoms with Crippen LogP contribution in [0, 0.1) is 13.8 Å². The van der Waals surface area contributed by atoms with Crippen LogP contribution in [0.4, 0.5) is 0 Å². The molecule has 1 aliphatic carbocycles. The minimum absolute atomic E-state index is 0.177. The third-order valence-corrected chi connectivity index (χ3v) is 5.07. The molecule has 0 aliphatic heterocycles. The molecular weight excluding hydrogens is 304 g/mol. The molecule has 1 aliphatic rings. The molecule has 0 aromatic heterocycles. The number of alkyl halides is 1. The second kappa shape index (κ2) is 5.66. The fourth-order valence-corrected chi connectivity index (χ4v) is 3.75. The van der Waals surface area contributed by atoms with Crippen LogP contribution in [0.5, 0.6) is 5.75 Å². The number of ether oxygens (including phenoxy) is 1. The van der Waals surface area contributed by atoms with Crippen molar-refractivity contribution in [1.29, 1.82) is 0 Å². The Hall–Kier alpha value is -0.830. The maximum absolute atomic E-state index is 12.9. The first-order valence-corrected chi connectivity index (χ1v) is 7.66. The van der Waals surface area contributed by atoms with Gasteiger partial charge in [0.15, 0.2) is 5.78 Å². The lowest BCUT2D eigenvalue weighted by Gasteiger charge is -2.30. The summed E-state index contributed by atoms with van der Waals surface area (Å²) in [5, 5.41) is 0. The Morgan fingerprint density at radius 2 is 1.84 bits per heavy atom. The van der Waals surface area contributed by atoms with E-state index in [-0.39, 0.29) is 5.78 Å². The number of benzene rings is 1. The molecule has 0 atom stereocenters. The lowest BCUT2D eigenvalue weighted by Crippen LogP contribution is -2.34. The summed E-state index contributed by atoms with van der Waals surface area (Å²) >= 11 is 3.71. The molecule has 3 heteroatoms. The third kappa shape index (κ3) is 2.86. The Bertz CT molecular complexity index is 488. The zero-order valence-corrected chi connectivity index (χ0v) is 13.5. The van der Waals surface area contributed by atoms with Gasteiger partial charge >= 0.3 is 0 Å². The minimum atomic E-state index is -0.390. The van der Waals surface area contributed by atoms with Gasteiger partial charge in [0.2, 0.25) is 0 Å². The Kier molecular flexibility index (Phi) is 4.34. The summed E-state index contributed by atoms with van der Waals surface area (Å²) in [6.07, 6.45) is 5.29. The predicted octanol–water partition coefficient (Wildman–Crippen LogP) is 4.59. The van der Waals surface area contributed by atoms with Crippen LogP contribution in [-0.4, -0.2) is 17.2 Å². The smallest absolute Gasteiger partial charge is 0.183 e. The number of halogens is 1. The summed E-state index contributed by atoms with van der Waals surface area (Å²) in [6.45, 7) is 4.01. The Morgan fingerprint density at radius 1 is 1.21 bits per heavy atom. The molecule has 0 spiro atoms. The summed E-state index contributed by atoms with van der Waals surface area (Å²) in [7, 11) is 1.64. The first-order valence-electron chi connectivity index (χ1n) is 6.87. The highest BCUT2D eigenvalue weighted by molar-refractivity contribution is 9.10. The van der Waals surface area contributed by atoms with Crippen LogP contribution in [0.1, 0.15) is 53.6 Å². The number of aryl methyl sites for hydroxylation is 2. The Balaban J connectivity index is 2.43. The first-order chi connectivity index (χ1) is 8.98. The van der Waals surface area contributed by atoms with Gasteiger partial charge in [-0.1, -0.05) is 41.3 Å². The number of hydrogen-bond donors (Lipinski definition) is 0. The van der Waals surface area contributed by atoms with E-state index >= 15 is 0 Å². The fourth-order valence-electron chi connectivity index (χ4n) is 2.97. The van der Waals surface area contributed by atoms with E-state index < -0.39 is 4.32 Å². The van der Waals surface area contributed by atoms with E-state index in [1.807, 2.05) is 19.9 Å². The van der Waals surface area contributed by atoms with Crippen molar-refractivity contribution in [3.63, 3.8) is 0 Å². The largest absolute Gasteiger partial charge is 0.496 e. The number of methoxy groups -OCH3 is 1. The van der Waals surface area contributed by atoms with Crippen LogP contribution in [0.3, 0.4) is 0 Å². The molecule has 1 aromatic carbocycles. The van der Waals surface area contributed by atoms with Crippen molar-refractivity contribution in [1.82, 2.24) is 0 Å². The van der Waals surface area contributed by atoms with E-state index in [4.69, 9.17) is 4.74 Å². The molecule has 1 saturated carbocycles. The van der Waals surface area contributed by atoms with E-state index in [1.54, 1.807) is 7.11 Å². The minimum Gasteiger partial charge on any atom is -0.496 e. The molecule has 0 saturated heterocycles. The quantitative estimate of drug-likeness (QED) is 0.600. The third-order valence-electron chi connectivity index (χ3n) is 3.92. The predicted molar refractivity (Wildman–Crippen MR) is 81.5 cm³/mol. The van der Waals surface area contributed by atoms with Crippen LogP contribution in [0.15, 0.2) is 12.1 Å². The molecule has 0 bridgehead atoms. The van der Waals surface area contributed by atoms with Crippen molar-refractivity contribution in [2.24, 2.45) is 0 Å². The van der Waals surface area contributed by atoms with Crippen LogP contribution in [-0.2, 0) is 0 Å². The summed E-state index contributed by atoms with van der Waals surface area (Å²) in [5.74, 6) is 0.899. The average Bonchev–Trinajstić information content (AvgIpc) is 2.38. The molecule has 0 unspecified atom stereocenters. The van der Waals surface area contributed by atoms with Gasteiger partial charge in [0.05, 0.1) is 17.0 Å². The van der Waals surface area contributed by atoms with E-state index in [2.05, 4.69) is 22.0 Å². The van der Waals surface area contributed by atoms with Crippen molar-refractivity contribution in [2.75, 3.05) is 7.11 Å². The highest BCUT2D eigenvalue weighted by Gasteiger charge is 2.38. The molecule has 2 nitrogen and oxygen atoms in total. The van der Waals surface area contributed by atoms with Gasteiger partial charge in [-0.2, -0.15) is 0 Å². The van der Waals surface area contributed by atoms with Crippen LogP contribution >= 0.6 is 15.9 Å². The average molecular weight is 325 g/mol. The lowest BCUT2D eigenvalue weighted by molar-refractivity contribution is 0.0920. The van der Waals surface area contributed by atoms with Gasteiger partial charge in [-0.05, 0) is 43.9 Å². The van der Waals surface area contributed by atoms with Crippen LogP contribution in [0.25, 0.3) is 0 Å². The molecular formula is C16H21BrO2. The Labute approximate surface area is 123 Å². The van der Waals surface area contributed by atoms with Gasteiger partial charge in [-0.3, -0.25) is 4.79 Å². The monoisotopic (exact) mass is 324 g/mol. The highest BCUT2D eigenvalue weighted by Crippen LogP contribution is 2.41. The number of carbonyl (C=O) groups excluding carboxylic acids is 1. The molecule has 1 aromatic rings. The number of Topliss-reactive ketones (excluding diaryl/α,β-unsaturated/α-hetero) is 1. The van der Waals surface area contributed by atoms with E-state index in [1.165, 1.54) is 6.42 Å². The SMILES string of the molecule is COc1c(C)cc(C)cc1C(=O)C1(Br)CCCCC1. The van der Waals surface area contributed by atoms with Gasteiger partial charge < -0.3 is 4.74 Å². The van der Waals surface area contributed by atoms with Crippen LogP contribution in [0.2, 0.25) is 0 Å². The van der Waals surface area contributed by atoms with Crippen molar-refractivity contribution < 1.29 is 9.53 Å². The second-order valence-electron chi connectivity index (χ2n) is 5.52. The standard InChI is InChI=1S/C16H21BrO2/c1-11-9-12(2)14(19-3)13(10-11)15(18)16(17)7-5-4-6-8-16/h9-10H,4-8H2,1-3H3. The summed E-state index contributed by atoms with van der Waals surface area (Å²) in [6, 6.07) is 4.00. The molecule has 0 amide bonds. The van der Waals surface area contributed by atoms with E-state index in [9.17, 15) is 4.79 Å². The normalized spacial score (nSPS) is 18.1. The van der Waals surface area contributed by atoms with E-state index in [0.717, 1.165) is 48.1 Å². The van der Waals surface area contributed by atoms with Crippen molar-refractivity contribution in [2.45, 2.75) is 50.3 Å². The number of rotatable bonds is 3. The summed E-state index contributed by atoms with van der Waals surface area (Å²) < 4.78 is 5.06. The van der Waals surface area contributed by atoms with E-state index in [0.29, 0.717) is 0 Å². The summed E-state index contributed by atoms with van der Waals surface area (Å²) in [5.41, 5.74) is 2.85.